The number of para-hydroxylation sites is 2. The number of nitrogens with one attached hydrogen (secondary N) is 1. The van der Waals surface area contributed by atoms with Crippen LogP contribution in [0.15, 0.2) is 103 Å². The van der Waals surface area contributed by atoms with Crippen LogP contribution in [0, 0.1) is 0 Å². The van der Waals surface area contributed by atoms with Gasteiger partial charge in [0.2, 0.25) is 10.0 Å². The predicted molar refractivity (Wildman–Crippen MR) is 150 cm³/mol. The van der Waals surface area contributed by atoms with Gasteiger partial charge in [0.15, 0.2) is 5.75 Å². The van der Waals surface area contributed by atoms with Gasteiger partial charge in [-0.15, -0.1) is 0 Å². The van der Waals surface area contributed by atoms with E-state index in [0.29, 0.717) is 46.5 Å². The third-order valence-electron chi connectivity index (χ3n) is 5.50. The van der Waals surface area contributed by atoms with Crippen LogP contribution in [0.25, 0.3) is 0 Å². The van der Waals surface area contributed by atoms with Crippen LogP contribution in [0.2, 0.25) is 5.02 Å². The number of anilines is 1. The first kappa shape index (κ1) is 27.0. The molecule has 1 amide bonds. The Morgan fingerprint density at radius 2 is 1.50 bits per heavy atom. The highest BCUT2D eigenvalue weighted by Crippen LogP contribution is 2.36. The predicted octanol–water partition coefficient (Wildman–Crippen LogP) is 5.91. The Morgan fingerprint density at radius 1 is 0.868 bits per heavy atom. The van der Waals surface area contributed by atoms with Crippen LogP contribution >= 0.6 is 11.6 Å². The molecule has 0 aliphatic rings. The van der Waals surface area contributed by atoms with Gasteiger partial charge in [-0.2, -0.15) is 0 Å². The molecule has 0 unspecified atom stereocenters. The number of hydrogen-bond acceptors (Lipinski definition) is 5. The number of rotatable bonds is 11. The first-order chi connectivity index (χ1) is 18.3. The molecular formula is C29H27ClN2O5S. The van der Waals surface area contributed by atoms with Gasteiger partial charge in [-0.1, -0.05) is 60.1 Å². The van der Waals surface area contributed by atoms with Crippen molar-refractivity contribution in [3.8, 4) is 17.2 Å². The van der Waals surface area contributed by atoms with Crippen LogP contribution in [0.5, 0.6) is 17.2 Å². The molecule has 0 aliphatic carbocycles. The normalized spacial score (nSPS) is 11.0. The fourth-order valence-corrected chi connectivity index (χ4v) is 4.70. The molecule has 0 saturated heterocycles. The van der Waals surface area contributed by atoms with Crippen molar-refractivity contribution in [2.45, 2.75) is 6.54 Å². The molecular weight excluding hydrogens is 524 g/mol. The van der Waals surface area contributed by atoms with Gasteiger partial charge in [-0.25, -0.2) is 8.42 Å². The van der Waals surface area contributed by atoms with E-state index in [1.165, 1.54) is 4.31 Å². The summed E-state index contributed by atoms with van der Waals surface area (Å²) >= 11 is 6.23. The van der Waals surface area contributed by atoms with Crippen LogP contribution < -0.4 is 19.1 Å². The van der Waals surface area contributed by atoms with Crippen molar-refractivity contribution >= 4 is 33.2 Å². The molecule has 0 bridgehead atoms. The molecule has 0 fully saturated rings. The molecule has 4 aromatic rings. The van der Waals surface area contributed by atoms with E-state index in [0.717, 1.165) is 12.0 Å². The number of sulfonamides is 1. The Hall–Kier alpha value is -4.01. The summed E-state index contributed by atoms with van der Waals surface area (Å²) in [5, 5.41) is 3.19. The molecule has 4 aromatic carbocycles. The molecule has 0 heterocycles. The third-order valence-corrected chi connectivity index (χ3v) is 6.86. The van der Waals surface area contributed by atoms with Gasteiger partial charge in [-0.3, -0.25) is 9.10 Å². The zero-order valence-corrected chi connectivity index (χ0v) is 22.3. The molecule has 0 radical (unpaired) electrons. The summed E-state index contributed by atoms with van der Waals surface area (Å²) in [6.45, 7) is 0.706. The molecule has 0 aromatic heterocycles. The standard InChI is InChI=1S/C29H27ClN2O5S/c1-38(34,35)32(27-20-24(30)16-17-28(27)37-26-10-6-3-7-11-26)21-22-12-14-23(15-13-22)29(33)31-18-19-36-25-8-4-2-5-9-25/h2-17,20H,18-19,21H2,1H3,(H,31,33). The number of halogens is 1. The van der Waals surface area contributed by atoms with Crippen molar-refractivity contribution in [2.24, 2.45) is 0 Å². The van der Waals surface area contributed by atoms with Crippen LogP contribution in [-0.4, -0.2) is 33.7 Å². The highest BCUT2D eigenvalue weighted by atomic mass is 35.5. The lowest BCUT2D eigenvalue weighted by molar-refractivity contribution is 0.0947. The Morgan fingerprint density at radius 3 is 2.13 bits per heavy atom. The first-order valence-electron chi connectivity index (χ1n) is 11.8. The second-order valence-corrected chi connectivity index (χ2v) is 10.8. The Bertz CT molecular complexity index is 1460. The Balaban J connectivity index is 1.45. The summed E-state index contributed by atoms with van der Waals surface area (Å²) in [6, 6.07) is 30.0. The number of hydrogen-bond donors (Lipinski definition) is 1. The maximum atomic E-state index is 12.8. The number of carbonyl (C=O) groups excluding carboxylic acids is 1. The minimum atomic E-state index is -3.71. The molecule has 0 atom stereocenters. The monoisotopic (exact) mass is 550 g/mol. The molecule has 38 heavy (non-hydrogen) atoms. The van der Waals surface area contributed by atoms with Crippen molar-refractivity contribution in [3.05, 3.63) is 119 Å². The van der Waals surface area contributed by atoms with Gasteiger partial charge in [0, 0.05) is 10.6 Å². The molecule has 7 nitrogen and oxygen atoms in total. The highest BCUT2D eigenvalue weighted by Gasteiger charge is 2.23. The van der Waals surface area contributed by atoms with Gasteiger partial charge in [0.1, 0.15) is 18.1 Å². The summed E-state index contributed by atoms with van der Waals surface area (Å²) in [6.07, 6.45) is 1.12. The summed E-state index contributed by atoms with van der Waals surface area (Å²) < 4.78 is 38.4. The van der Waals surface area contributed by atoms with Gasteiger partial charge in [0.25, 0.3) is 5.91 Å². The van der Waals surface area contributed by atoms with E-state index in [4.69, 9.17) is 21.1 Å². The van der Waals surface area contributed by atoms with E-state index in [2.05, 4.69) is 5.32 Å². The van der Waals surface area contributed by atoms with Crippen LogP contribution in [0.3, 0.4) is 0 Å². The fraction of sp³-hybridized carbons (Fsp3) is 0.138. The average molecular weight is 551 g/mol. The molecule has 0 saturated carbocycles. The lowest BCUT2D eigenvalue weighted by Gasteiger charge is -2.25. The molecule has 0 aliphatic heterocycles. The van der Waals surface area contributed by atoms with Crippen molar-refractivity contribution in [2.75, 3.05) is 23.7 Å². The van der Waals surface area contributed by atoms with Gasteiger partial charge in [-0.05, 0) is 60.2 Å². The van der Waals surface area contributed by atoms with Crippen LogP contribution in [-0.2, 0) is 16.6 Å². The quantitative estimate of drug-likeness (QED) is 0.235. The lowest BCUT2D eigenvalue weighted by Crippen LogP contribution is -2.30. The van der Waals surface area contributed by atoms with E-state index < -0.39 is 10.0 Å². The number of nitrogens with zero attached hydrogens (tertiary/aromatic N) is 1. The maximum absolute atomic E-state index is 12.8. The van der Waals surface area contributed by atoms with Crippen molar-refractivity contribution in [1.29, 1.82) is 0 Å². The largest absolute Gasteiger partial charge is 0.492 e. The second kappa shape index (κ2) is 12.5. The smallest absolute Gasteiger partial charge is 0.251 e. The Labute approximate surface area is 227 Å². The highest BCUT2D eigenvalue weighted by molar-refractivity contribution is 7.92. The van der Waals surface area contributed by atoms with E-state index in [9.17, 15) is 13.2 Å². The summed E-state index contributed by atoms with van der Waals surface area (Å²) in [7, 11) is -3.71. The van der Waals surface area contributed by atoms with Gasteiger partial charge < -0.3 is 14.8 Å². The molecule has 4 rings (SSSR count). The molecule has 0 spiro atoms. The Kier molecular flexibility index (Phi) is 8.89. The maximum Gasteiger partial charge on any atom is 0.251 e. The lowest BCUT2D eigenvalue weighted by atomic mass is 10.1. The SMILES string of the molecule is CS(=O)(=O)N(Cc1ccc(C(=O)NCCOc2ccccc2)cc1)c1cc(Cl)ccc1Oc1ccccc1. The molecule has 9 heteroatoms. The third kappa shape index (κ3) is 7.50. The zero-order chi connectivity index (χ0) is 27.0. The number of ether oxygens (including phenoxy) is 2. The second-order valence-electron chi connectivity index (χ2n) is 8.41. The zero-order valence-electron chi connectivity index (χ0n) is 20.7. The summed E-state index contributed by atoms with van der Waals surface area (Å²) in [4.78, 5) is 12.5. The van der Waals surface area contributed by atoms with E-state index >= 15 is 0 Å². The minimum Gasteiger partial charge on any atom is -0.492 e. The number of carbonyl (C=O) groups is 1. The van der Waals surface area contributed by atoms with E-state index in [-0.39, 0.29) is 12.5 Å². The van der Waals surface area contributed by atoms with Crippen molar-refractivity contribution in [3.63, 3.8) is 0 Å². The van der Waals surface area contributed by atoms with Crippen molar-refractivity contribution in [1.82, 2.24) is 5.32 Å². The fourth-order valence-electron chi connectivity index (χ4n) is 3.65. The van der Waals surface area contributed by atoms with Gasteiger partial charge >= 0.3 is 0 Å². The first-order valence-corrected chi connectivity index (χ1v) is 14.1. The molecule has 1 N–H and O–H groups in total. The summed E-state index contributed by atoms with van der Waals surface area (Å²) in [5.41, 5.74) is 1.45. The van der Waals surface area contributed by atoms with Gasteiger partial charge in [0.05, 0.1) is 25.0 Å². The van der Waals surface area contributed by atoms with Crippen LogP contribution in [0.4, 0.5) is 5.69 Å². The van der Waals surface area contributed by atoms with Crippen LogP contribution in [0.1, 0.15) is 15.9 Å². The topological polar surface area (TPSA) is 84.9 Å². The molecule has 196 valence electrons. The van der Waals surface area contributed by atoms with E-state index in [1.54, 1.807) is 54.6 Å². The average Bonchev–Trinajstić information content (AvgIpc) is 2.91. The summed E-state index contributed by atoms with van der Waals surface area (Å²) in [5.74, 6) is 1.40. The van der Waals surface area contributed by atoms with Crippen molar-refractivity contribution < 1.29 is 22.7 Å². The van der Waals surface area contributed by atoms with E-state index in [1.807, 2.05) is 48.5 Å². The number of amides is 1. The minimum absolute atomic E-state index is 0.0249. The number of benzene rings is 4.